The first-order chi connectivity index (χ1) is 46.3. The van der Waals surface area contributed by atoms with E-state index >= 15 is 0 Å². The number of hydrogen-bond acceptors (Lipinski definition) is 20. The number of aryl methyl sites for hydroxylation is 1. The van der Waals surface area contributed by atoms with Gasteiger partial charge in [-0.2, -0.15) is 11.8 Å². The number of para-hydroxylation sites is 1. The van der Waals surface area contributed by atoms with Gasteiger partial charge >= 0.3 is 12.0 Å². The molecule has 11 amide bonds. The van der Waals surface area contributed by atoms with Gasteiger partial charge in [-0.3, -0.25) is 52.7 Å². The van der Waals surface area contributed by atoms with E-state index in [1.807, 2.05) is 42.2 Å². The van der Waals surface area contributed by atoms with Gasteiger partial charge in [0.05, 0.1) is 71.3 Å². The lowest BCUT2D eigenvalue weighted by Gasteiger charge is -2.24. The quantitative estimate of drug-likeness (QED) is 0.00871. The molecule has 96 heavy (non-hydrogen) atoms. The first kappa shape index (κ1) is 78.1. The first-order valence-electron chi connectivity index (χ1n) is 31.6. The minimum Gasteiger partial charge on any atom is -0.481 e. The van der Waals surface area contributed by atoms with Crippen LogP contribution in [0.3, 0.4) is 0 Å². The molecule has 2 aliphatic rings. The minimum atomic E-state index is -1.78. The third-order valence-corrected chi connectivity index (χ3v) is 17.3. The number of aliphatic hydroxyl groups excluding tert-OH is 1. The molecule has 526 valence electrons. The van der Waals surface area contributed by atoms with Crippen LogP contribution in [-0.4, -0.2) is 225 Å². The summed E-state index contributed by atoms with van der Waals surface area (Å²) in [5.41, 5.74) is 16.1. The zero-order valence-corrected chi connectivity index (χ0v) is 54.8. The lowest BCUT2D eigenvalue weighted by atomic mass is 10.0. The van der Waals surface area contributed by atoms with Crippen molar-refractivity contribution in [3.8, 4) is 0 Å². The van der Waals surface area contributed by atoms with E-state index < -0.39 is 95.5 Å². The number of aromatic amines is 1. The lowest BCUT2D eigenvalue weighted by molar-refractivity contribution is -0.141. The number of fused-ring (bicyclic) bond motifs is 2. The molecule has 3 aromatic rings. The number of primary amides is 1. The van der Waals surface area contributed by atoms with Gasteiger partial charge < -0.3 is 93.0 Å². The number of benzene rings is 2. The Labute approximate surface area is 562 Å². The summed E-state index contributed by atoms with van der Waals surface area (Å²) in [6, 6.07) is 8.29. The van der Waals surface area contributed by atoms with Crippen LogP contribution in [0.1, 0.15) is 93.0 Å². The molecule has 0 saturated carbocycles. The van der Waals surface area contributed by atoms with Crippen LogP contribution in [0, 0.1) is 0 Å². The first-order valence-corrected chi connectivity index (χ1v) is 33.5. The number of azide groups is 1. The van der Waals surface area contributed by atoms with E-state index in [-0.39, 0.29) is 134 Å². The molecular formula is C61H87N15O18S2. The van der Waals surface area contributed by atoms with Gasteiger partial charge in [-0.05, 0) is 99.2 Å². The molecular weight excluding hydrogens is 1290 g/mol. The fourth-order valence-corrected chi connectivity index (χ4v) is 12.2. The van der Waals surface area contributed by atoms with Crippen molar-refractivity contribution in [2.45, 2.75) is 130 Å². The summed E-state index contributed by atoms with van der Waals surface area (Å²) in [4.78, 5) is 157. The van der Waals surface area contributed by atoms with Gasteiger partial charge in [-0.25, -0.2) is 4.79 Å². The number of rotatable bonds is 49. The monoisotopic (exact) mass is 1380 g/mol. The predicted molar refractivity (Wildman–Crippen MR) is 350 cm³/mol. The Morgan fingerprint density at radius 2 is 1.31 bits per heavy atom. The SMILES string of the molecule is [N-]=[N+]=NCC(=O)Sc1ccc(C(=O)NCCCC(NC(=O)CCCc2c[nH]c3ccccc23)C(=O)NC(CC(=O)O)C(=O)NC(CO)C(=O)NCCOCCOCC(=O)NCCOCCOCC(=O)NC(CCCCNC(=O)CCCC[C@@H]2SC[C@@H]3NC(=O)N[C@@H]32)C(N)=O)cc1. The highest BCUT2D eigenvalue weighted by Crippen LogP contribution is 2.33. The second-order valence-corrected chi connectivity index (χ2v) is 24.6. The zero-order chi connectivity index (χ0) is 69.5. The molecule has 33 nitrogen and oxygen atoms in total. The van der Waals surface area contributed by atoms with Gasteiger partial charge in [0, 0.05) is 82.5 Å². The molecule has 0 spiro atoms. The van der Waals surface area contributed by atoms with E-state index in [1.54, 1.807) is 12.1 Å². The van der Waals surface area contributed by atoms with Crippen LogP contribution in [0.4, 0.5) is 4.79 Å². The summed E-state index contributed by atoms with van der Waals surface area (Å²) in [6.07, 6.45) is 6.19. The number of urea groups is 1. The molecule has 0 radical (unpaired) electrons. The Morgan fingerprint density at radius 3 is 2.03 bits per heavy atom. The number of aromatic nitrogens is 1. The number of amides is 11. The van der Waals surface area contributed by atoms with Crippen LogP contribution < -0.4 is 58.9 Å². The lowest BCUT2D eigenvalue weighted by Crippen LogP contribution is -2.58. The second kappa shape index (κ2) is 44.2. The van der Waals surface area contributed by atoms with Crippen molar-refractivity contribution in [3.05, 3.63) is 76.3 Å². The molecule has 3 heterocycles. The average Bonchev–Trinajstić information content (AvgIpc) is 1.67. The van der Waals surface area contributed by atoms with Crippen molar-refractivity contribution in [3.63, 3.8) is 0 Å². The Balaban J connectivity index is 0.904. The van der Waals surface area contributed by atoms with Gasteiger partial charge in [0.2, 0.25) is 47.3 Å². The number of ether oxygens (including phenoxy) is 4. The molecule has 2 aliphatic heterocycles. The third-order valence-electron chi connectivity index (χ3n) is 14.9. The van der Waals surface area contributed by atoms with E-state index in [0.29, 0.717) is 48.8 Å². The van der Waals surface area contributed by atoms with Crippen LogP contribution in [0.5, 0.6) is 0 Å². The summed E-state index contributed by atoms with van der Waals surface area (Å²) in [5, 5.41) is 50.3. The van der Waals surface area contributed by atoms with Crippen LogP contribution in [0.2, 0.25) is 0 Å². The largest absolute Gasteiger partial charge is 0.481 e. The van der Waals surface area contributed by atoms with Gasteiger partial charge in [0.1, 0.15) is 37.4 Å². The van der Waals surface area contributed by atoms with Gasteiger partial charge in [-0.1, -0.05) is 41.5 Å². The highest BCUT2D eigenvalue weighted by atomic mass is 32.2. The van der Waals surface area contributed by atoms with Crippen molar-refractivity contribution in [1.82, 2.24) is 58.2 Å². The third kappa shape index (κ3) is 30.0. The number of hydrogen-bond donors (Lipinski definition) is 14. The smallest absolute Gasteiger partial charge is 0.315 e. The standard InChI is InChI=1S/C61H87N15O18S2/c62-56(85)43(12-5-6-21-64-49(78)15-4-3-14-48-55-47(37-95-48)74-61(90)75-55)70-52(81)36-94-30-28-91-25-23-65-51(80)35-93-29-27-92-26-24-67-58(87)46(34-77)73-60(89)45(31-53(82)83)72-59(88)44(71-50(79)16-7-9-39-32-68-42-11-2-1-10-41(39)42)13-8-22-66-57(86)38-17-19-40(20-18-38)96-54(84)33-69-76-63/h1-2,10-11,17-20,32,43-48,55,68,77H,3-9,12-16,21-31,33-37H2,(H2,62,85)(H,64,78)(H,65,80)(H,66,86)(H,67,87)(H,70,81)(H,71,79)(H,72,88)(H,73,89)(H,82,83)(H2,74,75,90)/t43?,44?,45?,46?,47-,48-,55-/m0/s1. The van der Waals surface area contributed by atoms with Crippen molar-refractivity contribution in [2.24, 2.45) is 10.8 Å². The Hall–Kier alpha value is -8.57. The maximum atomic E-state index is 13.9. The van der Waals surface area contributed by atoms with Gasteiger partial charge in [0.25, 0.3) is 5.91 Å². The number of carbonyl (C=O) groups is 12. The number of aliphatic carboxylic acids is 1. The fraction of sp³-hybridized carbons (Fsp3) is 0.574. The molecule has 2 aromatic carbocycles. The highest BCUT2D eigenvalue weighted by Gasteiger charge is 2.42. The van der Waals surface area contributed by atoms with E-state index in [2.05, 4.69) is 68.2 Å². The van der Waals surface area contributed by atoms with E-state index in [0.717, 1.165) is 53.2 Å². The van der Waals surface area contributed by atoms with E-state index in [9.17, 15) is 67.7 Å². The number of H-pyrrole nitrogens is 1. The number of nitrogens with one attached hydrogen (secondary N) is 11. The van der Waals surface area contributed by atoms with E-state index in [4.69, 9.17) is 30.2 Å². The summed E-state index contributed by atoms with van der Waals surface area (Å²) in [5.74, 6) is -6.29. The summed E-state index contributed by atoms with van der Waals surface area (Å²) < 4.78 is 21.5. The topological polar surface area (TPSA) is 493 Å². The summed E-state index contributed by atoms with van der Waals surface area (Å²) in [7, 11) is 0. The molecule has 35 heteroatoms. The van der Waals surface area contributed by atoms with Crippen molar-refractivity contribution >= 4 is 105 Å². The minimum absolute atomic E-state index is 0.00262. The fourth-order valence-electron chi connectivity index (χ4n) is 10.0. The summed E-state index contributed by atoms with van der Waals surface area (Å²) >= 11 is 2.68. The predicted octanol–water partition coefficient (Wildman–Crippen LogP) is -0.168. The number of aliphatic hydroxyl groups is 1. The molecule has 1 aromatic heterocycles. The molecule has 15 N–H and O–H groups in total. The van der Waals surface area contributed by atoms with Crippen LogP contribution in [-0.2, 0) is 73.3 Å². The zero-order valence-electron chi connectivity index (χ0n) is 53.2. The highest BCUT2D eigenvalue weighted by molar-refractivity contribution is 8.13. The number of unbranched alkanes of at least 4 members (excludes halogenated alkanes) is 2. The molecule has 5 rings (SSSR count). The number of carboxylic acids is 1. The van der Waals surface area contributed by atoms with Crippen molar-refractivity contribution < 1.29 is 86.7 Å². The normalized spacial score (nSPS) is 15.8. The van der Waals surface area contributed by atoms with Crippen molar-refractivity contribution in [2.75, 3.05) is 97.9 Å². The van der Waals surface area contributed by atoms with E-state index in [1.165, 1.54) is 12.1 Å². The molecule has 2 fully saturated rings. The molecule has 0 aliphatic carbocycles. The Kier molecular flexibility index (Phi) is 36.0. The molecule has 7 atom stereocenters. The summed E-state index contributed by atoms with van der Waals surface area (Å²) in [6.45, 7) is -1.21. The van der Waals surface area contributed by atoms with Crippen molar-refractivity contribution in [1.29, 1.82) is 0 Å². The maximum absolute atomic E-state index is 13.9. The van der Waals surface area contributed by atoms with Crippen LogP contribution >= 0.6 is 23.5 Å². The maximum Gasteiger partial charge on any atom is 0.315 e. The number of nitrogens with zero attached hydrogens (tertiary/aromatic N) is 3. The van der Waals surface area contributed by atoms with Crippen LogP contribution in [0.15, 0.2) is 64.7 Å². The number of carboxylic acid groups (broad SMARTS) is 1. The Morgan fingerprint density at radius 1 is 0.667 bits per heavy atom. The number of thioether (sulfide) groups is 2. The molecule has 0 bridgehead atoms. The molecule has 4 unspecified atom stereocenters. The van der Waals surface area contributed by atoms with Gasteiger partial charge in [-0.15, -0.1) is 0 Å². The second-order valence-electron chi connectivity index (χ2n) is 22.2. The number of carbonyl (C=O) groups excluding carboxylic acids is 11. The number of nitrogens with two attached hydrogens (primary N) is 1. The van der Waals surface area contributed by atoms with Gasteiger partial charge in [0.15, 0.2) is 5.12 Å². The molecule has 2 saturated heterocycles. The van der Waals surface area contributed by atoms with Crippen LogP contribution in [0.25, 0.3) is 21.3 Å². The Bertz CT molecular complexity index is 3120. The average molecular weight is 1380 g/mol.